The Kier molecular flexibility index (Phi) is 5.40. The molecular weight excluding hydrogens is 346 g/mol. The number of hydrogen-bond donors (Lipinski definition) is 0. The zero-order valence-corrected chi connectivity index (χ0v) is 15.5. The van der Waals surface area contributed by atoms with Gasteiger partial charge in [0.15, 0.2) is 5.69 Å². The Morgan fingerprint density at radius 2 is 1.70 bits per heavy atom. The minimum absolute atomic E-state index is 0.229. The molecule has 1 amide bonds. The molecule has 3 rings (SSSR count). The first kappa shape index (κ1) is 18.4. The van der Waals surface area contributed by atoms with Gasteiger partial charge in [-0.15, -0.1) is 0 Å². The molecule has 0 saturated carbocycles. The normalized spacial score (nSPS) is 10.6. The predicted molar refractivity (Wildman–Crippen MR) is 102 cm³/mol. The summed E-state index contributed by atoms with van der Waals surface area (Å²) in [7, 11) is 4.83. The van der Waals surface area contributed by atoms with Crippen LogP contribution in [0, 0.1) is 0 Å². The van der Waals surface area contributed by atoms with Gasteiger partial charge >= 0.3 is 0 Å². The molecule has 0 aliphatic heterocycles. The molecule has 0 saturated heterocycles. The summed E-state index contributed by atoms with van der Waals surface area (Å²) in [5.41, 5.74) is 0.0206. The number of hydrogen-bond acceptors (Lipinski definition) is 5. The summed E-state index contributed by atoms with van der Waals surface area (Å²) in [4.78, 5) is 26.5. The topological polar surface area (TPSA) is 73.7 Å². The fourth-order valence-corrected chi connectivity index (χ4v) is 2.71. The fourth-order valence-electron chi connectivity index (χ4n) is 2.71. The maximum absolute atomic E-state index is 12.8. The van der Waals surface area contributed by atoms with Crippen molar-refractivity contribution in [3.05, 3.63) is 64.6 Å². The van der Waals surface area contributed by atoms with Gasteiger partial charge in [0.2, 0.25) is 0 Å². The molecular formula is C20H21N3O4. The van der Waals surface area contributed by atoms with E-state index in [4.69, 9.17) is 9.47 Å². The second kappa shape index (κ2) is 7.90. The van der Waals surface area contributed by atoms with Crippen molar-refractivity contribution < 1.29 is 14.3 Å². The van der Waals surface area contributed by atoms with Crippen molar-refractivity contribution in [1.29, 1.82) is 0 Å². The van der Waals surface area contributed by atoms with Crippen LogP contribution >= 0.6 is 0 Å². The van der Waals surface area contributed by atoms with Gasteiger partial charge in [-0.25, -0.2) is 4.68 Å². The van der Waals surface area contributed by atoms with E-state index in [2.05, 4.69) is 5.10 Å². The highest BCUT2D eigenvalue weighted by molar-refractivity contribution is 6.04. The molecule has 140 valence electrons. The molecule has 0 N–H and O–H groups in total. The van der Waals surface area contributed by atoms with E-state index < -0.39 is 0 Å². The largest absolute Gasteiger partial charge is 0.497 e. The Balaban J connectivity index is 1.71. The van der Waals surface area contributed by atoms with Crippen molar-refractivity contribution in [3.8, 4) is 11.5 Å². The summed E-state index contributed by atoms with van der Waals surface area (Å²) < 4.78 is 12.0. The lowest BCUT2D eigenvalue weighted by atomic mass is 10.1. The lowest BCUT2D eigenvalue weighted by Gasteiger charge is -2.18. The van der Waals surface area contributed by atoms with Crippen LogP contribution < -0.4 is 15.0 Å². The Morgan fingerprint density at radius 3 is 2.37 bits per heavy atom. The first-order valence-electron chi connectivity index (χ1n) is 8.49. The molecule has 0 fully saturated rings. The zero-order valence-electron chi connectivity index (χ0n) is 15.5. The van der Waals surface area contributed by atoms with Crippen molar-refractivity contribution in [2.75, 3.05) is 27.3 Å². The molecule has 1 heterocycles. The lowest BCUT2D eigenvalue weighted by molar-refractivity contribution is 0.0767. The Labute approximate surface area is 156 Å². The van der Waals surface area contributed by atoms with Gasteiger partial charge in [-0.05, 0) is 30.3 Å². The van der Waals surface area contributed by atoms with Gasteiger partial charge in [-0.2, -0.15) is 5.10 Å². The summed E-state index contributed by atoms with van der Waals surface area (Å²) in [6.45, 7) is 0.710. The molecule has 1 aromatic heterocycles. The number of aromatic nitrogens is 2. The van der Waals surface area contributed by atoms with E-state index in [9.17, 15) is 9.59 Å². The van der Waals surface area contributed by atoms with E-state index in [1.165, 1.54) is 9.58 Å². The van der Waals surface area contributed by atoms with Gasteiger partial charge in [-0.3, -0.25) is 9.59 Å². The molecule has 0 radical (unpaired) electrons. The zero-order chi connectivity index (χ0) is 19.4. The highest BCUT2D eigenvalue weighted by Crippen LogP contribution is 2.17. The first-order chi connectivity index (χ1) is 13.0. The standard InChI is InChI=1S/C20H21N3O4/c1-22(12-13-27-15-10-8-14(26-3)9-11-15)20(25)18-16-6-4-5-7-17(16)19(24)23(2)21-18/h4-11H,12-13H2,1-3H3. The Hall–Kier alpha value is -3.35. The molecule has 0 bridgehead atoms. The van der Waals surface area contributed by atoms with E-state index >= 15 is 0 Å². The number of carbonyl (C=O) groups excluding carboxylic acids is 1. The number of nitrogens with zero attached hydrogens (tertiary/aromatic N) is 3. The summed E-state index contributed by atoms with van der Waals surface area (Å²) >= 11 is 0. The predicted octanol–water partition coefficient (Wildman–Crippen LogP) is 2.09. The number of carbonyl (C=O) groups is 1. The van der Waals surface area contributed by atoms with Gasteiger partial charge in [-0.1, -0.05) is 18.2 Å². The highest BCUT2D eigenvalue weighted by Gasteiger charge is 2.19. The summed E-state index contributed by atoms with van der Waals surface area (Å²) in [6, 6.07) is 14.2. The third-order valence-corrected chi connectivity index (χ3v) is 4.26. The van der Waals surface area contributed by atoms with Gasteiger partial charge in [0.05, 0.1) is 19.0 Å². The average molecular weight is 367 g/mol. The third kappa shape index (κ3) is 3.92. The van der Waals surface area contributed by atoms with Gasteiger partial charge in [0, 0.05) is 19.5 Å². The van der Waals surface area contributed by atoms with Gasteiger partial charge < -0.3 is 14.4 Å². The molecule has 3 aromatic rings. The van der Waals surface area contributed by atoms with Crippen molar-refractivity contribution in [1.82, 2.24) is 14.7 Å². The molecule has 7 nitrogen and oxygen atoms in total. The van der Waals surface area contributed by atoms with Crippen LogP contribution in [0.1, 0.15) is 10.5 Å². The third-order valence-electron chi connectivity index (χ3n) is 4.26. The van der Waals surface area contributed by atoms with Crippen molar-refractivity contribution in [2.45, 2.75) is 0 Å². The maximum Gasteiger partial charge on any atom is 0.274 e. The van der Waals surface area contributed by atoms with Crippen LogP contribution in [0.2, 0.25) is 0 Å². The van der Waals surface area contributed by atoms with Crippen LogP contribution in [0.5, 0.6) is 11.5 Å². The number of methoxy groups -OCH3 is 1. The first-order valence-corrected chi connectivity index (χ1v) is 8.49. The number of likely N-dealkylation sites (N-methyl/N-ethyl adjacent to an activating group) is 1. The van der Waals surface area contributed by atoms with Gasteiger partial charge in [0.1, 0.15) is 18.1 Å². The van der Waals surface area contributed by atoms with E-state index in [1.54, 1.807) is 45.5 Å². The second-order valence-corrected chi connectivity index (χ2v) is 6.07. The SMILES string of the molecule is COc1ccc(OCCN(C)C(=O)c2nn(C)c(=O)c3ccccc23)cc1. The van der Waals surface area contributed by atoms with Crippen LogP contribution in [-0.2, 0) is 7.05 Å². The fraction of sp³-hybridized carbons (Fsp3) is 0.250. The summed E-state index contributed by atoms with van der Waals surface area (Å²) in [5.74, 6) is 1.18. The van der Waals surface area contributed by atoms with Crippen molar-refractivity contribution in [2.24, 2.45) is 7.05 Å². The molecule has 0 unspecified atom stereocenters. The number of fused-ring (bicyclic) bond motifs is 1. The molecule has 0 atom stereocenters. The number of rotatable bonds is 6. The van der Waals surface area contributed by atoms with E-state index in [0.29, 0.717) is 29.7 Å². The monoisotopic (exact) mass is 367 g/mol. The molecule has 7 heteroatoms. The Morgan fingerprint density at radius 1 is 1.07 bits per heavy atom. The smallest absolute Gasteiger partial charge is 0.274 e. The maximum atomic E-state index is 12.8. The van der Waals surface area contributed by atoms with E-state index in [1.807, 2.05) is 24.3 Å². The number of aryl methyl sites for hydroxylation is 1. The number of benzene rings is 2. The van der Waals surface area contributed by atoms with Crippen molar-refractivity contribution >= 4 is 16.7 Å². The summed E-state index contributed by atoms with van der Waals surface area (Å²) in [5, 5.41) is 5.19. The highest BCUT2D eigenvalue weighted by atomic mass is 16.5. The minimum Gasteiger partial charge on any atom is -0.497 e. The van der Waals surface area contributed by atoms with Crippen molar-refractivity contribution in [3.63, 3.8) is 0 Å². The quantitative estimate of drug-likeness (QED) is 0.667. The molecule has 0 spiro atoms. The van der Waals surface area contributed by atoms with Crippen LogP contribution in [0.15, 0.2) is 53.3 Å². The molecule has 27 heavy (non-hydrogen) atoms. The lowest BCUT2D eigenvalue weighted by Crippen LogP contribution is -2.33. The Bertz CT molecular complexity index is 1010. The summed E-state index contributed by atoms with van der Waals surface area (Å²) in [6.07, 6.45) is 0. The second-order valence-electron chi connectivity index (χ2n) is 6.07. The van der Waals surface area contributed by atoms with Crippen LogP contribution in [-0.4, -0.2) is 47.9 Å². The van der Waals surface area contributed by atoms with E-state index in [-0.39, 0.29) is 17.2 Å². The molecule has 2 aromatic carbocycles. The average Bonchev–Trinajstić information content (AvgIpc) is 2.70. The number of ether oxygens (including phenoxy) is 2. The number of amides is 1. The minimum atomic E-state index is -0.264. The van der Waals surface area contributed by atoms with Crippen LogP contribution in [0.25, 0.3) is 10.8 Å². The molecule has 0 aliphatic carbocycles. The van der Waals surface area contributed by atoms with Crippen LogP contribution in [0.3, 0.4) is 0 Å². The van der Waals surface area contributed by atoms with E-state index in [0.717, 1.165) is 5.75 Å². The van der Waals surface area contributed by atoms with Crippen LogP contribution in [0.4, 0.5) is 0 Å². The molecule has 0 aliphatic rings. The van der Waals surface area contributed by atoms with Gasteiger partial charge in [0.25, 0.3) is 11.5 Å².